The summed E-state index contributed by atoms with van der Waals surface area (Å²) in [6, 6.07) is 8.38. The molecule has 1 N–H and O–H groups in total. The lowest BCUT2D eigenvalue weighted by Gasteiger charge is -2.37. The van der Waals surface area contributed by atoms with Crippen LogP contribution in [0.15, 0.2) is 24.3 Å². The highest BCUT2D eigenvalue weighted by Gasteiger charge is 2.21. The molecule has 0 radical (unpaired) electrons. The molecule has 0 unspecified atom stereocenters. The van der Waals surface area contributed by atoms with Crippen LogP contribution in [0.3, 0.4) is 0 Å². The summed E-state index contributed by atoms with van der Waals surface area (Å²) in [5, 5.41) is 3.46. The van der Waals surface area contributed by atoms with E-state index >= 15 is 0 Å². The fourth-order valence-corrected chi connectivity index (χ4v) is 3.63. The van der Waals surface area contributed by atoms with Gasteiger partial charge >= 0.3 is 0 Å². The first-order valence-corrected chi connectivity index (χ1v) is 8.62. The van der Waals surface area contributed by atoms with Crippen molar-refractivity contribution in [1.82, 2.24) is 15.1 Å². The molecule has 0 bridgehead atoms. The molecule has 0 aliphatic carbocycles. The van der Waals surface area contributed by atoms with Gasteiger partial charge in [-0.1, -0.05) is 18.2 Å². The SMILES string of the molecule is COc1ccccc1CN1CCN(CC2CCNCC2)CC1.Cl. The zero-order valence-corrected chi connectivity index (χ0v) is 15.0. The van der Waals surface area contributed by atoms with Crippen molar-refractivity contribution in [2.75, 3.05) is 52.9 Å². The number of piperazine rings is 1. The summed E-state index contributed by atoms with van der Waals surface area (Å²) in [5.41, 5.74) is 1.30. The van der Waals surface area contributed by atoms with Gasteiger partial charge in [-0.3, -0.25) is 4.90 Å². The average Bonchev–Trinajstić information content (AvgIpc) is 2.58. The van der Waals surface area contributed by atoms with Gasteiger partial charge in [-0.25, -0.2) is 0 Å². The van der Waals surface area contributed by atoms with Gasteiger partial charge in [0, 0.05) is 44.8 Å². The molecule has 5 heteroatoms. The van der Waals surface area contributed by atoms with E-state index in [0.29, 0.717) is 0 Å². The number of benzene rings is 1. The van der Waals surface area contributed by atoms with E-state index in [9.17, 15) is 0 Å². The third-order valence-corrected chi connectivity index (χ3v) is 5.03. The Morgan fingerprint density at radius 2 is 1.70 bits per heavy atom. The number of methoxy groups -OCH3 is 1. The minimum atomic E-state index is 0. The van der Waals surface area contributed by atoms with Crippen LogP contribution in [0.5, 0.6) is 5.75 Å². The first-order valence-electron chi connectivity index (χ1n) is 8.62. The number of para-hydroxylation sites is 1. The van der Waals surface area contributed by atoms with Crippen LogP contribution in [0.1, 0.15) is 18.4 Å². The molecule has 0 atom stereocenters. The van der Waals surface area contributed by atoms with Crippen molar-refractivity contribution < 1.29 is 4.74 Å². The van der Waals surface area contributed by atoms with E-state index in [1.54, 1.807) is 7.11 Å². The zero-order valence-electron chi connectivity index (χ0n) is 14.2. The maximum absolute atomic E-state index is 5.47. The predicted molar refractivity (Wildman–Crippen MR) is 97.6 cm³/mol. The monoisotopic (exact) mass is 339 g/mol. The first-order chi connectivity index (χ1) is 10.8. The van der Waals surface area contributed by atoms with Crippen LogP contribution < -0.4 is 10.1 Å². The molecule has 0 spiro atoms. The van der Waals surface area contributed by atoms with Crippen LogP contribution in [-0.2, 0) is 6.54 Å². The Hall–Kier alpha value is -0.810. The van der Waals surface area contributed by atoms with E-state index in [4.69, 9.17) is 4.74 Å². The largest absolute Gasteiger partial charge is 0.496 e. The number of hydrogen-bond donors (Lipinski definition) is 1. The van der Waals surface area contributed by atoms with Gasteiger partial charge in [0.05, 0.1) is 7.11 Å². The third kappa shape index (κ3) is 5.35. The van der Waals surface area contributed by atoms with E-state index in [0.717, 1.165) is 18.2 Å². The molecule has 23 heavy (non-hydrogen) atoms. The summed E-state index contributed by atoms with van der Waals surface area (Å²) in [5.74, 6) is 1.92. The summed E-state index contributed by atoms with van der Waals surface area (Å²) in [4.78, 5) is 5.21. The van der Waals surface area contributed by atoms with Gasteiger partial charge < -0.3 is 15.0 Å². The molecule has 1 aromatic carbocycles. The molecule has 1 aromatic rings. The number of ether oxygens (including phenoxy) is 1. The minimum Gasteiger partial charge on any atom is -0.496 e. The normalized spacial score (nSPS) is 20.9. The highest BCUT2D eigenvalue weighted by Crippen LogP contribution is 2.20. The lowest BCUT2D eigenvalue weighted by Crippen LogP contribution is -2.48. The van der Waals surface area contributed by atoms with Crippen molar-refractivity contribution in [3.05, 3.63) is 29.8 Å². The standard InChI is InChI=1S/C18H29N3O.ClH/c1-22-18-5-3-2-4-17(18)15-21-12-10-20(11-13-21)14-16-6-8-19-9-7-16;/h2-5,16,19H,6-15H2,1H3;1H. The van der Waals surface area contributed by atoms with Crippen molar-refractivity contribution >= 4 is 12.4 Å². The average molecular weight is 340 g/mol. The van der Waals surface area contributed by atoms with E-state index in [1.807, 2.05) is 6.07 Å². The molecule has 2 heterocycles. The highest BCUT2D eigenvalue weighted by molar-refractivity contribution is 5.85. The summed E-state index contributed by atoms with van der Waals surface area (Å²) >= 11 is 0. The van der Waals surface area contributed by atoms with Crippen molar-refractivity contribution in [3.8, 4) is 5.75 Å². The Morgan fingerprint density at radius 3 is 2.39 bits per heavy atom. The number of nitrogens with one attached hydrogen (secondary N) is 1. The second kappa shape index (κ2) is 9.48. The van der Waals surface area contributed by atoms with Gasteiger partial charge in [0.25, 0.3) is 0 Å². The molecule has 2 aliphatic heterocycles. The van der Waals surface area contributed by atoms with Crippen LogP contribution in [0, 0.1) is 5.92 Å². The Balaban J connectivity index is 0.00000192. The Kier molecular flexibility index (Phi) is 7.63. The third-order valence-electron chi connectivity index (χ3n) is 5.03. The fraction of sp³-hybridized carbons (Fsp3) is 0.667. The second-order valence-corrected chi connectivity index (χ2v) is 6.58. The van der Waals surface area contributed by atoms with Crippen molar-refractivity contribution in [2.45, 2.75) is 19.4 Å². The van der Waals surface area contributed by atoms with Gasteiger partial charge in [0.2, 0.25) is 0 Å². The molecule has 130 valence electrons. The summed E-state index contributed by atoms with van der Waals surface area (Å²) < 4.78 is 5.47. The van der Waals surface area contributed by atoms with E-state index in [1.165, 1.54) is 64.2 Å². The number of nitrogens with zero attached hydrogens (tertiary/aromatic N) is 2. The van der Waals surface area contributed by atoms with Crippen molar-refractivity contribution in [2.24, 2.45) is 5.92 Å². The first kappa shape index (κ1) is 18.5. The molecular weight excluding hydrogens is 310 g/mol. The van der Waals surface area contributed by atoms with Gasteiger partial charge in [0.1, 0.15) is 5.75 Å². The number of hydrogen-bond acceptors (Lipinski definition) is 4. The Labute approximate surface area is 146 Å². The van der Waals surface area contributed by atoms with Crippen molar-refractivity contribution in [1.29, 1.82) is 0 Å². The molecule has 0 saturated carbocycles. The molecular formula is C18H30ClN3O. The van der Waals surface area contributed by atoms with Crippen LogP contribution in [-0.4, -0.2) is 62.7 Å². The maximum Gasteiger partial charge on any atom is 0.123 e. The zero-order chi connectivity index (χ0) is 15.2. The second-order valence-electron chi connectivity index (χ2n) is 6.58. The van der Waals surface area contributed by atoms with Crippen LogP contribution in [0.25, 0.3) is 0 Å². The summed E-state index contributed by atoms with van der Waals surface area (Å²) in [6.07, 6.45) is 2.70. The van der Waals surface area contributed by atoms with Gasteiger partial charge in [-0.15, -0.1) is 12.4 Å². The molecule has 2 aliphatic rings. The van der Waals surface area contributed by atoms with Crippen LogP contribution in [0.4, 0.5) is 0 Å². The van der Waals surface area contributed by atoms with E-state index in [2.05, 4.69) is 33.3 Å². The molecule has 3 rings (SSSR count). The fourth-order valence-electron chi connectivity index (χ4n) is 3.63. The van der Waals surface area contributed by atoms with Crippen molar-refractivity contribution in [3.63, 3.8) is 0 Å². The summed E-state index contributed by atoms with van der Waals surface area (Å²) in [7, 11) is 1.76. The van der Waals surface area contributed by atoms with Gasteiger partial charge in [0.15, 0.2) is 0 Å². The highest BCUT2D eigenvalue weighted by atomic mass is 35.5. The number of rotatable bonds is 5. The molecule has 0 amide bonds. The lowest BCUT2D eigenvalue weighted by atomic mass is 9.97. The maximum atomic E-state index is 5.47. The predicted octanol–water partition coefficient (Wildman–Crippen LogP) is 2.23. The molecule has 2 saturated heterocycles. The molecule has 2 fully saturated rings. The van der Waals surface area contributed by atoms with Crippen LogP contribution >= 0.6 is 12.4 Å². The lowest BCUT2D eigenvalue weighted by molar-refractivity contribution is 0.106. The topological polar surface area (TPSA) is 27.7 Å². The Morgan fingerprint density at radius 1 is 1.04 bits per heavy atom. The Bertz CT molecular complexity index is 457. The quantitative estimate of drug-likeness (QED) is 0.890. The van der Waals surface area contributed by atoms with E-state index in [-0.39, 0.29) is 12.4 Å². The van der Waals surface area contributed by atoms with Gasteiger partial charge in [-0.2, -0.15) is 0 Å². The van der Waals surface area contributed by atoms with Crippen LogP contribution in [0.2, 0.25) is 0 Å². The summed E-state index contributed by atoms with van der Waals surface area (Å²) in [6.45, 7) is 9.47. The molecule has 4 nitrogen and oxygen atoms in total. The number of halogens is 1. The van der Waals surface area contributed by atoms with Gasteiger partial charge in [-0.05, 0) is 37.9 Å². The molecule has 0 aromatic heterocycles. The minimum absolute atomic E-state index is 0. The smallest absolute Gasteiger partial charge is 0.123 e. The van der Waals surface area contributed by atoms with E-state index < -0.39 is 0 Å². The number of piperidine rings is 1.